The molecule has 3 aromatic heterocycles. The Morgan fingerprint density at radius 2 is 2.03 bits per heavy atom. The van der Waals surface area contributed by atoms with E-state index in [9.17, 15) is 4.79 Å². The molecule has 204 valence electrons. The van der Waals surface area contributed by atoms with Crippen molar-refractivity contribution in [3.63, 3.8) is 0 Å². The van der Waals surface area contributed by atoms with E-state index in [1.54, 1.807) is 10.9 Å². The number of aryl methyl sites for hydroxylation is 2. The molecule has 0 radical (unpaired) electrons. The summed E-state index contributed by atoms with van der Waals surface area (Å²) in [6.45, 7) is 12.8. The third-order valence-electron chi connectivity index (χ3n) is 7.17. The van der Waals surface area contributed by atoms with E-state index in [0.717, 1.165) is 48.7 Å². The van der Waals surface area contributed by atoms with Gasteiger partial charge in [-0.2, -0.15) is 5.10 Å². The maximum atomic E-state index is 13.2. The van der Waals surface area contributed by atoms with Crippen LogP contribution in [0.25, 0.3) is 11.3 Å². The molecule has 0 saturated heterocycles. The van der Waals surface area contributed by atoms with Gasteiger partial charge in [-0.15, -0.1) is 10.2 Å². The highest BCUT2D eigenvalue weighted by Gasteiger charge is 2.28. The zero-order chi connectivity index (χ0) is 27.7. The van der Waals surface area contributed by atoms with Crippen LogP contribution >= 0.6 is 0 Å². The van der Waals surface area contributed by atoms with E-state index < -0.39 is 0 Å². The molecule has 1 N–H and O–H groups in total. The van der Waals surface area contributed by atoms with Crippen molar-refractivity contribution in [2.75, 3.05) is 18.4 Å². The molecule has 0 unspecified atom stereocenters. The van der Waals surface area contributed by atoms with Gasteiger partial charge in [0.05, 0.1) is 17.1 Å². The fourth-order valence-corrected chi connectivity index (χ4v) is 4.97. The number of Topliss-reactive ketones (excluding diaryl/α,β-unsaturated/α-hetero) is 1. The monoisotopic (exact) mass is 528 g/mol. The lowest BCUT2D eigenvalue weighted by atomic mass is 9.87. The number of rotatable bonds is 7. The number of benzene rings is 1. The lowest BCUT2D eigenvalue weighted by molar-refractivity contribution is 0.0934. The highest BCUT2D eigenvalue weighted by atomic mass is 16.4. The van der Waals surface area contributed by atoms with Crippen molar-refractivity contribution < 1.29 is 9.21 Å². The molecular formula is C29H36N8O2. The molecule has 0 saturated carbocycles. The molecule has 1 aliphatic rings. The molecule has 4 heterocycles. The summed E-state index contributed by atoms with van der Waals surface area (Å²) in [7, 11) is 1.89. The summed E-state index contributed by atoms with van der Waals surface area (Å²) in [6, 6.07) is 8.35. The van der Waals surface area contributed by atoms with Gasteiger partial charge < -0.3 is 9.73 Å². The van der Waals surface area contributed by atoms with E-state index in [0.29, 0.717) is 18.3 Å². The number of carbonyl (C=O) groups excluding carboxylic acids is 1. The van der Waals surface area contributed by atoms with Crippen molar-refractivity contribution in [2.45, 2.75) is 65.3 Å². The molecule has 10 heteroatoms. The van der Waals surface area contributed by atoms with Crippen LogP contribution in [-0.4, -0.2) is 53.7 Å². The topological polar surface area (TPSA) is 115 Å². The van der Waals surface area contributed by atoms with Crippen molar-refractivity contribution in [1.29, 1.82) is 0 Å². The van der Waals surface area contributed by atoms with Crippen LogP contribution in [0.1, 0.15) is 79.9 Å². The minimum absolute atomic E-state index is 0.0688. The summed E-state index contributed by atoms with van der Waals surface area (Å²) < 4.78 is 7.51. The minimum atomic E-state index is -0.300. The molecule has 10 nitrogen and oxygen atoms in total. The zero-order valence-electron chi connectivity index (χ0n) is 23.5. The van der Waals surface area contributed by atoms with Gasteiger partial charge in [0.1, 0.15) is 0 Å². The fraction of sp³-hybridized carbons (Fsp3) is 0.448. The van der Waals surface area contributed by atoms with Gasteiger partial charge in [-0.05, 0) is 55.6 Å². The van der Waals surface area contributed by atoms with E-state index >= 15 is 0 Å². The number of nitrogens with one attached hydrogen (secondary N) is 1. The summed E-state index contributed by atoms with van der Waals surface area (Å²) in [5.74, 6) is 1.05. The second-order valence-electron chi connectivity index (χ2n) is 11.2. The first-order chi connectivity index (χ1) is 18.6. The molecule has 39 heavy (non-hydrogen) atoms. The number of carbonyl (C=O) groups is 1. The summed E-state index contributed by atoms with van der Waals surface area (Å²) in [6.07, 6.45) is 4.89. The fourth-order valence-electron chi connectivity index (χ4n) is 4.97. The number of nitrogens with zero attached hydrogens (tertiary/aromatic N) is 7. The van der Waals surface area contributed by atoms with Crippen LogP contribution in [0.2, 0.25) is 0 Å². The lowest BCUT2D eigenvalue weighted by Gasteiger charge is -2.18. The minimum Gasteiger partial charge on any atom is -0.418 e. The Bertz CT molecular complexity index is 1480. The Morgan fingerprint density at radius 1 is 1.21 bits per heavy atom. The van der Waals surface area contributed by atoms with E-state index in [1.165, 1.54) is 11.1 Å². The Hall–Kier alpha value is -3.92. The van der Waals surface area contributed by atoms with Gasteiger partial charge in [-0.3, -0.25) is 14.4 Å². The van der Waals surface area contributed by atoms with E-state index in [1.807, 2.05) is 47.0 Å². The first kappa shape index (κ1) is 26.7. The van der Waals surface area contributed by atoms with Crippen molar-refractivity contribution in [2.24, 2.45) is 7.05 Å². The third kappa shape index (κ3) is 5.90. The molecule has 1 aromatic carbocycles. The van der Waals surface area contributed by atoms with Crippen molar-refractivity contribution >= 4 is 17.4 Å². The van der Waals surface area contributed by atoms with E-state index in [4.69, 9.17) is 9.40 Å². The van der Waals surface area contributed by atoms with Crippen LogP contribution in [-0.2, 0) is 19.0 Å². The Labute approximate surface area is 228 Å². The predicted octanol–water partition coefficient (Wildman–Crippen LogP) is 5.19. The van der Waals surface area contributed by atoms with Crippen LogP contribution in [0.5, 0.6) is 0 Å². The highest BCUT2D eigenvalue weighted by Crippen LogP contribution is 2.35. The second kappa shape index (κ2) is 10.7. The largest absolute Gasteiger partial charge is 0.418 e. The lowest BCUT2D eigenvalue weighted by Crippen LogP contribution is -2.22. The number of aromatic nitrogens is 6. The average molecular weight is 529 g/mol. The number of ketones is 1. The first-order valence-electron chi connectivity index (χ1n) is 13.4. The maximum absolute atomic E-state index is 13.2. The number of hydrogen-bond donors (Lipinski definition) is 1. The third-order valence-corrected chi connectivity index (χ3v) is 7.17. The Kier molecular flexibility index (Phi) is 7.31. The van der Waals surface area contributed by atoms with Crippen molar-refractivity contribution in [1.82, 2.24) is 34.8 Å². The van der Waals surface area contributed by atoms with Gasteiger partial charge >= 0.3 is 0 Å². The summed E-state index contributed by atoms with van der Waals surface area (Å²) in [5.41, 5.74) is 5.70. The van der Waals surface area contributed by atoms with Crippen LogP contribution in [0.15, 0.2) is 41.1 Å². The number of hydrogen-bond acceptors (Lipinski definition) is 9. The zero-order valence-corrected chi connectivity index (χ0v) is 23.5. The molecule has 1 atom stereocenters. The standard InChI is InChI=1S/C29H36N8O2/c1-7-37-13-11-19(15-25(38)26-33-34-27(39-26)29(3,4)5)22-9-8-20(14-21(22)16-37)23-10-12-30-28(31-23)32-24-17-36(6)35-18(24)2/h8-10,12,14,17,19H,7,11,13,15-16H2,1-6H3,(H,30,31,32)/t19-/m0/s1. The maximum Gasteiger partial charge on any atom is 0.284 e. The number of anilines is 2. The van der Waals surface area contributed by atoms with Gasteiger partial charge in [0.15, 0.2) is 0 Å². The normalized spacial score (nSPS) is 16.1. The molecule has 0 aliphatic carbocycles. The van der Waals surface area contributed by atoms with Crippen LogP contribution in [0, 0.1) is 6.92 Å². The molecular weight excluding hydrogens is 492 g/mol. The quantitative estimate of drug-likeness (QED) is 0.324. The van der Waals surface area contributed by atoms with Gasteiger partial charge in [-0.1, -0.05) is 39.8 Å². The Morgan fingerprint density at radius 3 is 2.72 bits per heavy atom. The molecule has 0 bridgehead atoms. The van der Waals surface area contributed by atoms with E-state index in [-0.39, 0.29) is 23.0 Å². The van der Waals surface area contributed by atoms with Crippen LogP contribution < -0.4 is 5.32 Å². The molecule has 1 aliphatic heterocycles. The van der Waals surface area contributed by atoms with Gasteiger partial charge in [-0.25, -0.2) is 9.97 Å². The number of fused-ring (bicyclic) bond motifs is 1. The van der Waals surface area contributed by atoms with Crippen LogP contribution in [0.4, 0.5) is 11.6 Å². The smallest absolute Gasteiger partial charge is 0.284 e. The first-order valence-corrected chi connectivity index (χ1v) is 13.4. The molecule has 5 rings (SSSR count). The van der Waals surface area contributed by atoms with Crippen molar-refractivity contribution in [3.8, 4) is 11.3 Å². The molecule has 0 spiro atoms. The van der Waals surface area contributed by atoms with Crippen molar-refractivity contribution in [3.05, 3.63) is 65.3 Å². The van der Waals surface area contributed by atoms with Gasteiger partial charge in [0.2, 0.25) is 17.6 Å². The van der Waals surface area contributed by atoms with Gasteiger partial charge in [0.25, 0.3) is 5.89 Å². The van der Waals surface area contributed by atoms with Gasteiger partial charge in [0, 0.05) is 43.4 Å². The summed E-state index contributed by atoms with van der Waals surface area (Å²) >= 11 is 0. The highest BCUT2D eigenvalue weighted by molar-refractivity contribution is 5.92. The molecule has 0 fully saturated rings. The van der Waals surface area contributed by atoms with E-state index in [2.05, 4.69) is 55.6 Å². The molecule has 0 amide bonds. The predicted molar refractivity (Wildman–Crippen MR) is 149 cm³/mol. The Balaban J connectivity index is 1.41. The molecule has 4 aromatic rings. The second-order valence-corrected chi connectivity index (χ2v) is 11.2. The average Bonchev–Trinajstić information content (AvgIpc) is 3.48. The summed E-state index contributed by atoms with van der Waals surface area (Å²) in [4.78, 5) is 24.8. The summed E-state index contributed by atoms with van der Waals surface area (Å²) in [5, 5.41) is 15.8. The van der Waals surface area contributed by atoms with Crippen LogP contribution in [0.3, 0.4) is 0 Å². The SMILES string of the molecule is CCN1CC[C@@H](CC(=O)c2nnc(C(C)(C)C)o2)c2ccc(-c3ccnc(Nc4cn(C)nc4C)n3)cc2C1.